The summed E-state index contributed by atoms with van der Waals surface area (Å²) in [4.78, 5) is 18.9. The van der Waals surface area contributed by atoms with E-state index in [1.807, 2.05) is 29.0 Å². The van der Waals surface area contributed by atoms with Crippen molar-refractivity contribution in [2.45, 2.75) is 25.6 Å². The van der Waals surface area contributed by atoms with Crippen LogP contribution in [-0.4, -0.2) is 34.0 Å². The summed E-state index contributed by atoms with van der Waals surface area (Å²) >= 11 is 1.59. The number of thiophene rings is 1. The molecule has 1 N–H and O–H groups in total. The van der Waals surface area contributed by atoms with E-state index in [1.165, 1.54) is 11.1 Å². The Balaban J connectivity index is 1.58. The van der Waals surface area contributed by atoms with E-state index in [-0.39, 0.29) is 11.9 Å². The number of amides is 1. The summed E-state index contributed by atoms with van der Waals surface area (Å²) in [7, 11) is 1.67. The molecule has 1 aliphatic rings. The first-order valence-electron chi connectivity index (χ1n) is 8.12. The molecule has 1 amide bonds. The van der Waals surface area contributed by atoms with Gasteiger partial charge in [0.2, 0.25) is 17.6 Å². The topological polar surface area (TPSA) is 71.3 Å². The Morgan fingerprint density at radius 3 is 2.96 bits per heavy atom. The molecule has 3 heterocycles. The number of benzene rings is 1. The molecule has 2 aromatic heterocycles. The highest BCUT2D eigenvalue weighted by Crippen LogP contribution is 2.26. The lowest BCUT2D eigenvalue weighted by molar-refractivity contribution is -0.126. The normalized spacial score (nSPS) is 17.2. The first-order chi connectivity index (χ1) is 12.2. The molecule has 0 aliphatic carbocycles. The van der Waals surface area contributed by atoms with Crippen LogP contribution in [0.3, 0.4) is 0 Å². The van der Waals surface area contributed by atoms with Gasteiger partial charge in [0.15, 0.2) is 0 Å². The van der Waals surface area contributed by atoms with Gasteiger partial charge in [-0.25, -0.2) is 0 Å². The van der Waals surface area contributed by atoms with Crippen LogP contribution in [0.15, 0.2) is 45.6 Å². The number of aromatic nitrogens is 2. The van der Waals surface area contributed by atoms with Crippen LogP contribution in [0.1, 0.15) is 17.0 Å². The zero-order valence-corrected chi connectivity index (χ0v) is 14.6. The highest BCUT2D eigenvalue weighted by atomic mass is 32.1. The molecule has 1 aromatic carbocycles. The molecule has 0 saturated carbocycles. The molecule has 25 heavy (non-hydrogen) atoms. The van der Waals surface area contributed by atoms with Gasteiger partial charge in [0, 0.05) is 24.5 Å². The van der Waals surface area contributed by atoms with Gasteiger partial charge in [-0.1, -0.05) is 29.4 Å². The molecule has 0 fully saturated rings. The van der Waals surface area contributed by atoms with E-state index >= 15 is 0 Å². The van der Waals surface area contributed by atoms with Crippen LogP contribution in [0, 0.1) is 0 Å². The SMILES string of the molecule is CNC(=O)[C@@H]1Cc2ccccc2CN1Cc1nc(-c2ccsc2)no1. The summed E-state index contributed by atoms with van der Waals surface area (Å²) in [5, 5.41) is 10.8. The number of carbonyl (C=O) groups is 1. The summed E-state index contributed by atoms with van der Waals surface area (Å²) in [6, 6.07) is 9.95. The van der Waals surface area contributed by atoms with Gasteiger partial charge in [-0.2, -0.15) is 16.3 Å². The zero-order valence-electron chi connectivity index (χ0n) is 13.8. The quantitative estimate of drug-likeness (QED) is 0.779. The molecule has 3 aromatic rings. The first kappa shape index (κ1) is 16.0. The Morgan fingerprint density at radius 2 is 2.20 bits per heavy atom. The third kappa shape index (κ3) is 3.20. The van der Waals surface area contributed by atoms with Gasteiger partial charge >= 0.3 is 0 Å². The summed E-state index contributed by atoms with van der Waals surface area (Å²) in [6.07, 6.45) is 0.682. The van der Waals surface area contributed by atoms with Crippen LogP contribution >= 0.6 is 11.3 Å². The standard InChI is InChI=1S/C18H18N4O2S/c1-19-18(23)15-8-12-4-2-3-5-13(12)9-22(15)10-16-20-17(21-24-16)14-6-7-25-11-14/h2-7,11,15H,8-10H2,1H3,(H,19,23)/t15-/m0/s1. The summed E-state index contributed by atoms with van der Waals surface area (Å²) in [5.41, 5.74) is 3.41. The predicted molar refractivity (Wildman–Crippen MR) is 94.9 cm³/mol. The molecular formula is C18H18N4O2S. The van der Waals surface area contributed by atoms with Gasteiger partial charge in [-0.05, 0) is 29.0 Å². The van der Waals surface area contributed by atoms with Crippen molar-refractivity contribution in [2.24, 2.45) is 0 Å². The van der Waals surface area contributed by atoms with Crippen molar-refractivity contribution in [3.8, 4) is 11.4 Å². The van der Waals surface area contributed by atoms with Crippen molar-refractivity contribution >= 4 is 17.2 Å². The molecular weight excluding hydrogens is 336 g/mol. The number of nitrogens with one attached hydrogen (secondary N) is 1. The van der Waals surface area contributed by atoms with Gasteiger partial charge in [-0.15, -0.1) is 0 Å². The maximum absolute atomic E-state index is 12.4. The van der Waals surface area contributed by atoms with Crippen molar-refractivity contribution < 1.29 is 9.32 Å². The fourth-order valence-corrected chi connectivity index (χ4v) is 3.80. The summed E-state index contributed by atoms with van der Waals surface area (Å²) < 4.78 is 5.41. The van der Waals surface area contributed by atoms with Crippen LogP contribution < -0.4 is 5.32 Å². The van der Waals surface area contributed by atoms with Gasteiger partial charge in [0.05, 0.1) is 12.6 Å². The van der Waals surface area contributed by atoms with E-state index in [9.17, 15) is 4.79 Å². The number of hydrogen-bond acceptors (Lipinski definition) is 6. The number of rotatable bonds is 4. The summed E-state index contributed by atoms with van der Waals surface area (Å²) in [6.45, 7) is 1.13. The van der Waals surface area contributed by atoms with Crippen LogP contribution in [0.4, 0.5) is 0 Å². The van der Waals surface area contributed by atoms with E-state index in [2.05, 4.69) is 32.5 Å². The predicted octanol–water partition coefficient (Wildman–Crippen LogP) is 2.47. The van der Waals surface area contributed by atoms with Crippen molar-refractivity contribution in [1.82, 2.24) is 20.4 Å². The lowest BCUT2D eigenvalue weighted by Crippen LogP contribution is -2.49. The van der Waals surface area contributed by atoms with E-state index in [0.717, 1.165) is 5.56 Å². The average molecular weight is 354 g/mol. The molecule has 1 atom stereocenters. The van der Waals surface area contributed by atoms with Crippen LogP contribution in [0.25, 0.3) is 11.4 Å². The van der Waals surface area contributed by atoms with Gasteiger partial charge in [0.25, 0.3) is 0 Å². The Labute approximate surface area is 149 Å². The monoisotopic (exact) mass is 354 g/mol. The van der Waals surface area contributed by atoms with E-state index in [0.29, 0.717) is 31.2 Å². The average Bonchev–Trinajstić information content (AvgIpc) is 3.32. The fraction of sp³-hybridized carbons (Fsp3) is 0.278. The molecule has 7 heteroatoms. The number of nitrogens with zero attached hydrogens (tertiary/aromatic N) is 3. The summed E-state index contributed by atoms with van der Waals surface area (Å²) in [5.74, 6) is 1.12. The molecule has 0 bridgehead atoms. The molecule has 0 unspecified atom stereocenters. The molecule has 0 radical (unpaired) electrons. The third-order valence-electron chi connectivity index (χ3n) is 4.48. The van der Waals surface area contributed by atoms with Gasteiger partial charge in [-0.3, -0.25) is 9.69 Å². The Morgan fingerprint density at radius 1 is 1.36 bits per heavy atom. The highest BCUT2D eigenvalue weighted by Gasteiger charge is 2.32. The molecule has 128 valence electrons. The fourth-order valence-electron chi connectivity index (χ4n) is 3.17. The Hall–Kier alpha value is -2.51. The van der Waals surface area contributed by atoms with Crippen molar-refractivity contribution in [1.29, 1.82) is 0 Å². The largest absolute Gasteiger partial charge is 0.358 e. The number of carbonyl (C=O) groups excluding carboxylic acids is 1. The number of likely N-dealkylation sites (N-methyl/N-ethyl adjacent to an activating group) is 1. The molecule has 1 aliphatic heterocycles. The van der Waals surface area contributed by atoms with Crippen LogP contribution in [0.5, 0.6) is 0 Å². The van der Waals surface area contributed by atoms with Crippen molar-refractivity contribution in [3.63, 3.8) is 0 Å². The van der Waals surface area contributed by atoms with Gasteiger partial charge in [0.1, 0.15) is 0 Å². The molecule has 6 nitrogen and oxygen atoms in total. The van der Waals surface area contributed by atoms with Crippen molar-refractivity contribution in [2.75, 3.05) is 7.05 Å². The molecule has 0 spiro atoms. The lowest BCUT2D eigenvalue weighted by Gasteiger charge is -2.34. The van der Waals surface area contributed by atoms with Gasteiger partial charge < -0.3 is 9.84 Å². The highest BCUT2D eigenvalue weighted by molar-refractivity contribution is 7.08. The zero-order chi connectivity index (χ0) is 17.2. The number of hydrogen-bond donors (Lipinski definition) is 1. The van der Waals surface area contributed by atoms with Crippen LogP contribution in [-0.2, 0) is 24.3 Å². The smallest absolute Gasteiger partial charge is 0.241 e. The van der Waals surface area contributed by atoms with Crippen LogP contribution in [0.2, 0.25) is 0 Å². The second-order valence-electron chi connectivity index (χ2n) is 6.03. The lowest BCUT2D eigenvalue weighted by atomic mass is 9.93. The maximum Gasteiger partial charge on any atom is 0.241 e. The second kappa shape index (κ2) is 6.78. The van der Waals surface area contributed by atoms with Crippen molar-refractivity contribution in [3.05, 3.63) is 58.1 Å². The molecule has 4 rings (SSSR count). The molecule has 0 saturated heterocycles. The number of fused-ring (bicyclic) bond motifs is 1. The van der Waals surface area contributed by atoms with E-state index < -0.39 is 0 Å². The maximum atomic E-state index is 12.4. The second-order valence-corrected chi connectivity index (χ2v) is 6.81. The minimum absolute atomic E-state index is 0.00655. The van der Waals surface area contributed by atoms with E-state index in [4.69, 9.17) is 4.52 Å². The Kier molecular flexibility index (Phi) is 4.33. The first-order valence-corrected chi connectivity index (χ1v) is 9.06. The minimum Gasteiger partial charge on any atom is -0.358 e. The third-order valence-corrected chi connectivity index (χ3v) is 5.16. The minimum atomic E-state index is -0.239. The Bertz CT molecular complexity index is 875. The van der Waals surface area contributed by atoms with E-state index in [1.54, 1.807) is 18.4 Å².